The Hall–Kier alpha value is -2.15. The molecule has 1 aromatic carbocycles. The highest BCUT2D eigenvalue weighted by atomic mass is 16.6. The summed E-state index contributed by atoms with van der Waals surface area (Å²) in [6.07, 6.45) is 4.77. The smallest absolute Gasteiger partial charge is 0.394 e. The van der Waals surface area contributed by atoms with Gasteiger partial charge in [0.1, 0.15) is 5.52 Å². The largest absolute Gasteiger partial charge is 0.450 e. The van der Waals surface area contributed by atoms with Crippen LogP contribution in [0.25, 0.3) is 11.1 Å². The number of hydrogen-bond donors (Lipinski definition) is 1. The van der Waals surface area contributed by atoms with Gasteiger partial charge in [-0.3, -0.25) is 10.1 Å². The highest BCUT2D eigenvalue weighted by molar-refractivity contribution is 5.75. The average Bonchev–Trinajstić information content (AvgIpc) is 2.94. The number of ether oxygens (including phenoxy) is 1. The lowest BCUT2D eigenvalue weighted by Gasteiger charge is -2.22. The number of nitro groups is 1. The monoisotopic (exact) mass is 305 g/mol. The van der Waals surface area contributed by atoms with Gasteiger partial charge in [0.15, 0.2) is 5.58 Å². The minimum atomic E-state index is -0.452. The zero-order chi connectivity index (χ0) is 15.4. The van der Waals surface area contributed by atoms with E-state index in [9.17, 15) is 10.1 Å². The lowest BCUT2D eigenvalue weighted by atomic mass is 9.95. The van der Waals surface area contributed by atoms with Crippen LogP contribution in [-0.4, -0.2) is 29.6 Å². The van der Waals surface area contributed by atoms with Gasteiger partial charge in [0, 0.05) is 12.1 Å². The summed E-state index contributed by atoms with van der Waals surface area (Å²) in [6, 6.07) is 4.33. The number of fused-ring (bicyclic) bond motifs is 1. The Labute approximate surface area is 127 Å². The molecule has 1 aromatic heterocycles. The Balaban J connectivity index is 1.52. The van der Waals surface area contributed by atoms with Gasteiger partial charge in [0.25, 0.3) is 5.69 Å². The molecule has 2 aromatic rings. The molecule has 0 aliphatic carbocycles. The van der Waals surface area contributed by atoms with Gasteiger partial charge < -0.3 is 14.5 Å². The number of oxazole rings is 1. The molecule has 118 valence electrons. The van der Waals surface area contributed by atoms with Gasteiger partial charge in [-0.25, -0.2) is 0 Å². The zero-order valence-corrected chi connectivity index (χ0v) is 12.3. The van der Waals surface area contributed by atoms with Crippen molar-refractivity contribution in [2.75, 3.05) is 19.7 Å². The quantitative estimate of drug-likeness (QED) is 0.501. The topological polar surface area (TPSA) is 90.4 Å². The lowest BCUT2D eigenvalue weighted by Crippen LogP contribution is -2.29. The highest BCUT2D eigenvalue weighted by Crippen LogP contribution is 2.25. The molecule has 0 radical (unpaired) electrons. The van der Waals surface area contributed by atoms with E-state index in [0.717, 1.165) is 31.8 Å². The lowest BCUT2D eigenvalue weighted by molar-refractivity contribution is -0.384. The second-order valence-electron chi connectivity index (χ2n) is 5.59. The summed E-state index contributed by atoms with van der Waals surface area (Å²) in [5.74, 6) is 0.726. The molecular weight excluding hydrogens is 286 g/mol. The number of aromatic nitrogens is 1. The van der Waals surface area contributed by atoms with Gasteiger partial charge in [0.05, 0.1) is 11.5 Å². The number of nitrogens with zero attached hydrogens (tertiary/aromatic N) is 2. The Bertz CT molecular complexity index is 649. The second-order valence-corrected chi connectivity index (χ2v) is 5.59. The van der Waals surface area contributed by atoms with E-state index in [-0.39, 0.29) is 11.8 Å². The molecule has 0 unspecified atom stereocenters. The molecule has 1 atom stereocenters. The Morgan fingerprint density at radius 1 is 1.50 bits per heavy atom. The van der Waals surface area contributed by atoms with Crippen molar-refractivity contribution in [1.82, 2.24) is 10.3 Å². The van der Waals surface area contributed by atoms with Crippen molar-refractivity contribution in [1.29, 1.82) is 0 Å². The molecule has 0 spiro atoms. The van der Waals surface area contributed by atoms with Crippen LogP contribution >= 0.6 is 0 Å². The summed E-state index contributed by atoms with van der Waals surface area (Å²) < 4.78 is 10.9. The van der Waals surface area contributed by atoms with Crippen molar-refractivity contribution in [3.05, 3.63) is 28.3 Å². The first kappa shape index (κ1) is 14.8. The summed E-state index contributed by atoms with van der Waals surface area (Å²) in [5.41, 5.74) is 0.940. The molecule has 7 nitrogen and oxygen atoms in total. The first-order chi connectivity index (χ1) is 10.7. The fourth-order valence-corrected chi connectivity index (χ4v) is 2.77. The summed E-state index contributed by atoms with van der Waals surface area (Å²) in [6.45, 7) is 2.76. The standard InChI is InChI=1S/C15H19N3O4/c19-18(20)12-5-6-14-13(9-12)17-15(22-14)21-8-2-4-11-3-1-7-16-10-11/h5-6,9,11,16H,1-4,7-8,10H2/t11-/m1/s1. The molecule has 22 heavy (non-hydrogen) atoms. The van der Waals surface area contributed by atoms with Crippen LogP contribution in [0, 0.1) is 16.0 Å². The van der Waals surface area contributed by atoms with Gasteiger partial charge >= 0.3 is 6.08 Å². The molecule has 1 aliphatic heterocycles. The maximum absolute atomic E-state index is 10.7. The van der Waals surface area contributed by atoms with Gasteiger partial charge in [-0.1, -0.05) is 0 Å². The maximum Gasteiger partial charge on any atom is 0.394 e. The van der Waals surface area contributed by atoms with E-state index in [1.807, 2.05) is 0 Å². The van der Waals surface area contributed by atoms with E-state index >= 15 is 0 Å². The van der Waals surface area contributed by atoms with Crippen LogP contribution in [0.1, 0.15) is 25.7 Å². The number of rotatable bonds is 6. The number of hydrogen-bond acceptors (Lipinski definition) is 6. The molecule has 1 aliphatic rings. The van der Waals surface area contributed by atoms with Crippen molar-refractivity contribution < 1.29 is 14.1 Å². The molecule has 1 fully saturated rings. The van der Waals surface area contributed by atoms with E-state index in [2.05, 4.69) is 10.3 Å². The Morgan fingerprint density at radius 2 is 2.41 bits per heavy atom. The molecule has 1 N–H and O–H groups in total. The third-order valence-electron chi connectivity index (χ3n) is 3.94. The molecule has 0 saturated carbocycles. The van der Waals surface area contributed by atoms with Crippen LogP contribution in [0.3, 0.4) is 0 Å². The summed E-state index contributed by atoms with van der Waals surface area (Å²) in [4.78, 5) is 14.4. The van der Waals surface area contributed by atoms with Gasteiger partial charge in [-0.15, -0.1) is 0 Å². The third kappa shape index (κ3) is 3.54. The normalized spacial score (nSPS) is 18.5. The molecular formula is C15H19N3O4. The molecule has 0 amide bonds. The predicted molar refractivity (Wildman–Crippen MR) is 81.0 cm³/mol. The van der Waals surface area contributed by atoms with E-state index in [0.29, 0.717) is 17.7 Å². The van der Waals surface area contributed by atoms with Crippen LogP contribution < -0.4 is 10.1 Å². The van der Waals surface area contributed by atoms with Crippen LogP contribution in [0.15, 0.2) is 22.6 Å². The molecule has 0 bridgehead atoms. The highest BCUT2D eigenvalue weighted by Gasteiger charge is 2.14. The number of benzene rings is 1. The fourth-order valence-electron chi connectivity index (χ4n) is 2.77. The minimum Gasteiger partial charge on any atom is -0.450 e. The maximum atomic E-state index is 10.7. The van der Waals surface area contributed by atoms with Crippen LogP contribution in [0.2, 0.25) is 0 Å². The Kier molecular flexibility index (Phi) is 4.53. The van der Waals surface area contributed by atoms with E-state index in [1.165, 1.54) is 25.0 Å². The summed E-state index contributed by atoms with van der Waals surface area (Å²) in [7, 11) is 0. The predicted octanol–water partition coefficient (Wildman–Crippen LogP) is 2.89. The van der Waals surface area contributed by atoms with Gasteiger partial charge in [-0.05, 0) is 50.8 Å². The van der Waals surface area contributed by atoms with Gasteiger partial charge in [0.2, 0.25) is 0 Å². The minimum absolute atomic E-state index is 0.00264. The summed E-state index contributed by atoms with van der Waals surface area (Å²) >= 11 is 0. The van der Waals surface area contributed by atoms with Crippen LogP contribution in [0.5, 0.6) is 6.08 Å². The van der Waals surface area contributed by atoms with Crippen molar-refractivity contribution in [3.8, 4) is 6.08 Å². The number of piperidine rings is 1. The number of non-ortho nitro benzene ring substituents is 1. The zero-order valence-electron chi connectivity index (χ0n) is 12.3. The van der Waals surface area contributed by atoms with Crippen molar-refractivity contribution in [2.24, 2.45) is 5.92 Å². The molecule has 2 heterocycles. The average molecular weight is 305 g/mol. The first-order valence-corrected chi connectivity index (χ1v) is 7.61. The van der Waals surface area contributed by atoms with Crippen molar-refractivity contribution >= 4 is 16.8 Å². The molecule has 3 rings (SSSR count). The van der Waals surface area contributed by atoms with E-state index in [4.69, 9.17) is 9.15 Å². The SMILES string of the molecule is O=[N+]([O-])c1ccc2oc(OCCC[C@H]3CCCNC3)nc2c1. The fraction of sp³-hybridized carbons (Fsp3) is 0.533. The molecule has 1 saturated heterocycles. The van der Waals surface area contributed by atoms with Crippen molar-refractivity contribution in [2.45, 2.75) is 25.7 Å². The van der Waals surface area contributed by atoms with Gasteiger partial charge in [-0.2, -0.15) is 4.98 Å². The van der Waals surface area contributed by atoms with Crippen molar-refractivity contribution in [3.63, 3.8) is 0 Å². The molecule has 7 heteroatoms. The second kappa shape index (κ2) is 6.74. The van der Waals surface area contributed by atoms with E-state index < -0.39 is 4.92 Å². The Morgan fingerprint density at radius 3 is 3.18 bits per heavy atom. The first-order valence-electron chi connectivity index (χ1n) is 7.61. The third-order valence-corrected chi connectivity index (χ3v) is 3.94. The van der Waals surface area contributed by atoms with Crippen LogP contribution in [-0.2, 0) is 0 Å². The summed E-state index contributed by atoms with van der Waals surface area (Å²) in [5, 5.41) is 14.1. The number of nitrogens with one attached hydrogen (secondary N) is 1. The number of nitro benzene ring substituents is 1. The van der Waals surface area contributed by atoms with E-state index in [1.54, 1.807) is 6.07 Å². The van der Waals surface area contributed by atoms with Crippen LogP contribution in [0.4, 0.5) is 5.69 Å².